The molecule has 130 valence electrons. The fourth-order valence-electron chi connectivity index (χ4n) is 1.77. The molecule has 0 heterocycles. The van der Waals surface area contributed by atoms with Gasteiger partial charge in [-0.1, -0.05) is 30.3 Å². The third kappa shape index (κ3) is 7.36. The number of hydrogen-bond acceptors (Lipinski definition) is 5. The molecule has 0 saturated heterocycles. The third-order valence-electron chi connectivity index (χ3n) is 2.95. The summed E-state index contributed by atoms with van der Waals surface area (Å²) in [6.07, 6.45) is 0.114. The number of amides is 3. The van der Waals surface area contributed by atoms with Gasteiger partial charge in [0.1, 0.15) is 12.6 Å². The second-order valence-electron chi connectivity index (χ2n) is 4.86. The molecule has 0 aliphatic heterocycles. The van der Waals surface area contributed by atoms with E-state index < -0.39 is 42.9 Å². The Balaban J connectivity index is 2.41. The van der Waals surface area contributed by atoms with Gasteiger partial charge in [-0.3, -0.25) is 14.4 Å². The highest BCUT2D eigenvalue weighted by molar-refractivity contribution is 5.90. The van der Waals surface area contributed by atoms with Gasteiger partial charge in [-0.15, -0.1) is 0 Å². The van der Waals surface area contributed by atoms with Gasteiger partial charge in [0.25, 0.3) is 0 Å². The molecule has 0 aromatic heterocycles. The number of carboxylic acids is 1. The Kier molecular flexibility index (Phi) is 7.92. The largest absolute Gasteiger partial charge is 0.480 e. The molecule has 0 saturated carbocycles. The number of nitrogens with one attached hydrogen (secondary N) is 3. The summed E-state index contributed by atoms with van der Waals surface area (Å²) < 4.78 is 0. The highest BCUT2D eigenvalue weighted by atomic mass is 16.4. The number of benzene rings is 1. The molecule has 1 atom stereocenters. The van der Waals surface area contributed by atoms with Gasteiger partial charge in [0.2, 0.25) is 17.7 Å². The van der Waals surface area contributed by atoms with Gasteiger partial charge in [0, 0.05) is 6.42 Å². The van der Waals surface area contributed by atoms with Crippen LogP contribution in [0.1, 0.15) is 5.56 Å². The topological polar surface area (TPSA) is 145 Å². The van der Waals surface area contributed by atoms with Crippen molar-refractivity contribution in [2.75, 3.05) is 19.7 Å². The van der Waals surface area contributed by atoms with E-state index in [9.17, 15) is 19.2 Å². The maximum Gasteiger partial charge on any atom is 0.326 e. The summed E-state index contributed by atoms with van der Waals surface area (Å²) >= 11 is 0. The van der Waals surface area contributed by atoms with E-state index in [1.165, 1.54) is 0 Å². The maximum absolute atomic E-state index is 11.7. The minimum atomic E-state index is -1.19. The van der Waals surface area contributed by atoms with Gasteiger partial charge in [-0.05, 0) is 5.56 Å². The molecule has 0 fully saturated rings. The molecule has 3 amide bonds. The van der Waals surface area contributed by atoms with Crippen molar-refractivity contribution in [3.8, 4) is 0 Å². The smallest absolute Gasteiger partial charge is 0.326 e. The van der Waals surface area contributed by atoms with Crippen molar-refractivity contribution in [1.82, 2.24) is 16.0 Å². The van der Waals surface area contributed by atoms with Crippen LogP contribution in [0.4, 0.5) is 0 Å². The van der Waals surface area contributed by atoms with Crippen LogP contribution in [0.15, 0.2) is 30.3 Å². The summed E-state index contributed by atoms with van der Waals surface area (Å²) in [5.41, 5.74) is 0.751. The number of aliphatic hydroxyl groups is 1. The van der Waals surface area contributed by atoms with Crippen molar-refractivity contribution < 1.29 is 29.4 Å². The van der Waals surface area contributed by atoms with Crippen LogP contribution in [0, 0.1) is 0 Å². The second-order valence-corrected chi connectivity index (χ2v) is 4.86. The fraction of sp³-hybridized carbons (Fsp3) is 0.333. The molecule has 0 unspecified atom stereocenters. The van der Waals surface area contributed by atoms with Crippen molar-refractivity contribution in [3.63, 3.8) is 0 Å². The van der Waals surface area contributed by atoms with E-state index >= 15 is 0 Å². The van der Waals surface area contributed by atoms with E-state index in [1.807, 2.05) is 0 Å². The Bertz CT molecular complexity index is 590. The molecular formula is C15H19N3O6. The summed E-state index contributed by atoms with van der Waals surface area (Å²) in [5, 5.41) is 24.3. The third-order valence-corrected chi connectivity index (χ3v) is 2.95. The predicted octanol–water partition coefficient (Wildman–Crippen LogP) is -1.98. The normalized spacial score (nSPS) is 11.2. The molecule has 1 rings (SSSR count). The van der Waals surface area contributed by atoms with Crippen molar-refractivity contribution in [3.05, 3.63) is 35.9 Å². The van der Waals surface area contributed by atoms with E-state index in [2.05, 4.69) is 16.0 Å². The maximum atomic E-state index is 11.7. The minimum Gasteiger partial charge on any atom is -0.480 e. The first-order valence-electron chi connectivity index (χ1n) is 7.12. The SMILES string of the molecule is O=C(CO)NCC(=O)NCC(=O)N[C@@H](Cc1ccccc1)C(=O)O. The molecule has 9 nitrogen and oxygen atoms in total. The molecule has 0 radical (unpaired) electrons. The Morgan fingerprint density at radius 3 is 2.08 bits per heavy atom. The fourth-order valence-corrected chi connectivity index (χ4v) is 1.77. The molecule has 0 bridgehead atoms. The molecule has 0 spiro atoms. The average molecular weight is 337 g/mol. The lowest BCUT2D eigenvalue weighted by atomic mass is 10.1. The summed E-state index contributed by atoms with van der Waals surface area (Å²) in [5.74, 6) is -3.21. The standard InChI is InChI=1S/C15H19N3O6/c19-9-14(22)17-7-12(20)16-8-13(21)18-11(15(23)24)6-10-4-2-1-3-5-10/h1-5,11,19H,6-9H2,(H,16,20)(H,17,22)(H,18,21)(H,23,24)/t11-/m0/s1. The van der Waals surface area contributed by atoms with Gasteiger partial charge >= 0.3 is 5.97 Å². The summed E-state index contributed by atoms with van der Waals surface area (Å²) in [6.45, 7) is -1.56. The van der Waals surface area contributed by atoms with Crippen molar-refractivity contribution in [2.24, 2.45) is 0 Å². The highest BCUT2D eigenvalue weighted by Crippen LogP contribution is 2.03. The van der Waals surface area contributed by atoms with E-state index in [4.69, 9.17) is 10.2 Å². The van der Waals surface area contributed by atoms with Crippen LogP contribution in [0.3, 0.4) is 0 Å². The van der Waals surface area contributed by atoms with Gasteiger partial charge in [-0.25, -0.2) is 4.79 Å². The van der Waals surface area contributed by atoms with Crippen LogP contribution in [0.25, 0.3) is 0 Å². The van der Waals surface area contributed by atoms with Gasteiger partial charge in [-0.2, -0.15) is 0 Å². The van der Waals surface area contributed by atoms with Crippen LogP contribution >= 0.6 is 0 Å². The van der Waals surface area contributed by atoms with E-state index in [0.29, 0.717) is 0 Å². The van der Waals surface area contributed by atoms with Crippen LogP contribution in [0.5, 0.6) is 0 Å². The van der Waals surface area contributed by atoms with Crippen LogP contribution in [-0.4, -0.2) is 59.6 Å². The first-order chi connectivity index (χ1) is 11.4. The van der Waals surface area contributed by atoms with Crippen LogP contribution in [-0.2, 0) is 25.6 Å². The first-order valence-corrected chi connectivity index (χ1v) is 7.12. The molecule has 0 aliphatic carbocycles. The summed E-state index contributed by atoms with van der Waals surface area (Å²) in [4.78, 5) is 45.1. The number of carboxylic acid groups (broad SMARTS) is 1. The van der Waals surface area contributed by atoms with Gasteiger partial charge in [0.15, 0.2) is 0 Å². The van der Waals surface area contributed by atoms with Crippen LogP contribution in [0.2, 0.25) is 0 Å². The van der Waals surface area contributed by atoms with Gasteiger partial charge in [0.05, 0.1) is 13.1 Å². The van der Waals surface area contributed by atoms with Gasteiger partial charge < -0.3 is 26.2 Å². The van der Waals surface area contributed by atoms with Crippen molar-refractivity contribution in [1.29, 1.82) is 0 Å². The molecule has 9 heteroatoms. The number of aliphatic carboxylic acids is 1. The molecule has 0 aliphatic rings. The molecule has 24 heavy (non-hydrogen) atoms. The monoisotopic (exact) mass is 337 g/mol. The lowest BCUT2D eigenvalue weighted by Gasteiger charge is -2.15. The predicted molar refractivity (Wildman–Crippen MR) is 82.8 cm³/mol. The summed E-state index contributed by atoms with van der Waals surface area (Å²) in [7, 11) is 0. The van der Waals surface area contributed by atoms with Crippen molar-refractivity contribution >= 4 is 23.7 Å². The zero-order valence-electron chi connectivity index (χ0n) is 12.8. The number of hydrogen-bond donors (Lipinski definition) is 5. The zero-order chi connectivity index (χ0) is 17.9. The first kappa shape index (κ1) is 19.1. The average Bonchev–Trinajstić information content (AvgIpc) is 2.58. The number of rotatable bonds is 9. The molecule has 1 aromatic carbocycles. The molecule has 5 N–H and O–H groups in total. The van der Waals surface area contributed by atoms with Crippen molar-refractivity contribution in [2.45, 2.75) is 12.5 Å². The quantitative estimate of drug-likeness (QED) is 0.353. The Hall–Kier alpha value is -2.94. The van der Waals surface area contributed by atoms with E-state index in [0.717, 1.165) is 5.56 Å². The Morgan fingerprint density at radius 1 is 0.917 bits per heavy atom. The van der Waals surface area contributed by atoms with E-state index in [-0.39, 0.29) is 13.0 Å². The van der Waals surface area contributed by atoms with Crippen LogP contribution < -0.4 is 16.0 Å². The Morgan fingerprint density at radius 2 is 1.50 bits per heavy atom. The number of aliphatic hydroxyl groups excluding tert-OH is 1. The molecule has 1 aromatic rings. The summed E-state index contributed by atoms with van der Waals surface area (Å²) in [6, 6.07) is 7.68. The number of carbonyl (C=O) groups is 4. The Labute approximate surface area is 138 Å². The van der Waals surface area contributed by atoms with E-state index in [1.54, 1.807) is 30.3 Å². The number of carbonyl (C=O) groups excluding carboxylic acids is 3. The molecular weight excluding hydrogens is 318 g/mol. The highest BCUT2D eigenvalue weighted by Gasteiger charge is 2.20. The minimum absolute atomic E-state index is 0.114. The lowest BCUT2D eigenvalue weighted by molar-refractivity contribution is -0.141. The zero-order valence-corrected chi connectivity index (χ0v) is 12.8. The lowest BCUT2D eigenvalue weighted by Crippen LogP contribution is -2.48. The second kappa shape index (κ2) is 9.95.